The molecule has 1 aliphatic heterocycles. The number of anilines is 2. The molecule has 0 radical (unpaired) electrons. The van der Waals surface area contributed by atoms with E-state index >= 15 is 0 Å². The minimum absolute atomic E-state index is 0.00271. The molecule has 11 heteroatoms. The number of carbonyl (C=O) groups is 2. The van der Waals surface area contributed by atoms with Crippen LogP contribution in [0.25, 0.3) is 22.4 Å². The Morgan fingerprint density at radius 2 is 1.74 bits per heavy atom. The van der Waals surface area contributed by atoms with Gasteiger partial charge in [0.2, 0.25) is 5.91 Å². The zero-order valence-electron chi connectivity index (χ0n) is 21.3. The van der Waals surface area contributed by atoms with Gasteiger partial charge in [0, 0.05) is 68.4 Å². The number of fused-ring (bicyclic) bond motifs is 1. The lowest BCUT2D eigenvalue weighted by molar-refractivity contribution is -0.118. The lowest BCUT2D eigenvalue weighted by Crippen LogP contribution is -2.49. The van der Waals surface area contributed by atoms with E-state index in [1.165, 1.54) is 6.92 Å². The van der Waals surface area contributed by atoms with Crippen molar-refractivity contribution in [1.82, 2.24) is 30.2 Å². The molecule has 1 saturated heterocycles. The van der Waals surface area contributed by atoms with Crippen molar-refractivity contribution < 1.29 is 9.59 Å². The number of aryl methyl sites for hydroxylation is 1. The summed E-state index contributed by atoms with van der Waals surface area (Å²) in [5, 5.41) is 6.69. The topological polar surface area (TPSA) is 119 Å². The maximum atomic E-state index is 13.2. The fourth-order valence-electron chi connectivity index (χ4n) is 4.43. The maximum Gasteiger partial charge on any atom is 0.254 e. The molecular weight excluding hydrogens is 504 g/mol. The van der Waals surface area contributed by atoms with Crippen molar-refractivity contribution in [3.05, 3.63) is 64.9 Å². The van der Waals surface area contributed by atoms with Gasteiger partial charge >= 0.3 is 0 Å². The molecule has 10 nitrogen and oxygen atoms in total. The van der Waals surface area contributed by atoms with E-state index in [4.69, 9.17) is 16.6 Å². The number of imidazole rings is 1. The van der Waals surface area contributed by atoms with Crippen molar-refractivity contribution in [2.75, 3.05) is 49.5 Å². The number of amides is 2. The molecule has 2 aromatic heterocycles. The number of rotatable bonds is 7. The molecule has 0 aliphatic carbocycles. The summed E-state index contributed by atoms with van der Waals surface area (Å²) in [6.07, 6.45) is 0. The van der Waals surface area contributed by atoms with Crippen LogP contribution >= 0.6 is 11.6 Å². The maximum absolute atomic E-state index is 13.2. The Labute approximate surface area is 225 Å². The molecule has 3 N–H and O–H groups in total. The average molecular weight is 533 g/mol. The van der Waals surface area contributed by atoms with Crippen LogP contribution in [0.5, 0.6) is 0 Å². The summed E-state index contributed by atoms with van der Waals surface area (Å²) in [6.45, 7) is 6.81. The van der Waals surface area contributed by atoms with Crippen molar-refractivity contribution in [3.8, 4) is 11.4 Å². The van der Waals surface area contributed by atoms with E-state index in [-0.39, 0.29) is 11.8 Å². The van der Waals surface area contributed by atoms with E-state index in [9.17, 15) is 9.59 Å². The quantitative estimate of drug-likeness (QED) is 0.312. The van der Waals surface area contributed by atoms with E-state index < -0.39 is 0 Å². The first-order valence-corrected chi connectivity index (χ1v) is 12.9. The molecule has 5 rings (SSSR count). The van der Waals surface area contributed by atoms with E-state index in [2.05, 4.69) is 30.5 Å². The number of nitrogens with one attached hydrogen (secondary N) is 3. The normalized spacial score (nSPS) is 13.6. The largest absolute Gasteiger partial charge is 0.368 e. The molecule has 0 atom stereocenters. The van der Waals surface area contributed by atoms with Gasteiger partial charge in [0.1, 0.15) is 17.5 Å². The summed E-state index contributed by atoms with van der Waals surface area (Å²) < 4.78 is 0. The van der Waals surface area contributed by atoms with Gasteiger partial charge in [-0.3, -0.25) is 9.59 Å². The third-order valence-corrected chi connectivity index (χ3v) is 6.61. The van der Waals surface area contributed by atoms with Crippen LogP contribution < -0.4 is 15.5 Å². The summed E-state index contributed by atoms with van der Waals surface area (Å²) in [5.74, 6) is 2.74. The molecule has 0 saturated carbocycles. The van der Waals surface area contributed by atoms with Gasteiger partial charge in [-0.05, 0) is 49.4 Å². The van der Waals surface area contributed by atoms with Gasteiger partial charge in [-0.2, -0.15) is 0 Å². The summed E-state index contributed by atoms with van der Waals surface area (Å²) in [4.78, 5) is 45.6. The molecule has 2 amide bonds. The summed E-state index contributed by atoms with van der Waals surface area (Å²) in [6, 6.07) is 14.9. The van der Waals surface area contributed by atoms with E-state index in [0.29, 0.717) is 61.5 Å². The van der Waals surface area contributed by atoms with E-state index in [1.807, 2.05) is 60.4 Å². The van der Waals surface area contributed by atoms with Gasteiger partial charge in [-0.15, -0.1) is 0 Å². The highest BCUT2D eigenvalue weighted by Crippen LogP contribution is 2.25. The summed E-state index contributed by atoms with van der Waals surface area (Å²) in [7, 11) is 0. The first kappa shape index (κ1) is 25.5. The van der Waals surface area contributed by atoms with Crippen molar-refractivity contribution in [2.24, 2.45) is 0 Å². The Morgan fingerprint density at radius 1 is 0.974 bits per heavy atom. The molecule has 0 unspecified atom stereocenters. The number of H-pyrrole nitrogens is 1. The highest BCUT2D eigenvalue weighted by molar-refractivity contribution is 6.30. The van der Waals surface area contributed by atoms with Crippen LogP contribution in [0.1, 0.15) is 23.1 Å². The number of piperazine rings is 1. The van der Waals surface area contributed by atoms with Gasteiger partial charge in [0.05, 0.1) is 11.0 Å². The van der Waals surface area contributed by atoms with Crippen molar-refractivity contribution in [2.45, 2.75) is 13.8 Å². The van der Waals surface area contributed by atoms with Crippen molar-refractivity contribution in [1.29, 1.82) is 0 Å². The number of halogens is 1. The van der Waals surface area contributed by atoms with Crippen LogP contribution in [-0.2, 0) is 4.79 Å². The molecule has 1 fully saturated rings. The van der Waals surface area contributed by atoms with Crippen LogP contribution in [0.15, 0.2) is 48.5 Å². The molecule has 196 valence electrons. The van der Waals surface area contributed by atoms with Gasteiger partial charge in [-0.25, -0.2) is 15.0 Å². The van der Waals surface area contributed by atoms with Crippen LogP contribution in [-0.4, -0.2) is 75.9 Å². The molecule has 0 spiro atoms. The minimum atomic E-state index is -0.0798. The second-order valence-corrected chi connectivity index (χ2v) is 9.62. The number of benzene rings is 2. The molecule has 4 aromatic rings. The predicted molar refractivity (Wildman–Crippen MR) is 149 cm³/mol. The number of hydrogen-bond donors (Lipinski definition) is 3. The van der Waals surface area contributed by atoms with Crippen LogP contribution in [0.4, 0.5) is 11.6 Å². The fraction of sp³-hybridized carbons (Fsp3) is 0.296. The lowest BCUT2D eigenvalue weighted by atomic mass is 10.1. The standard InChI is InChI=1S/C27H29ClN8O2/c1-17-31-22-8-5-20(15-23(22)32-17)27(38)36-13-11-35(12-14-36)25-16-24(30-10-9-29-18(2)37)33-26(34-25)19-3-6-21(28)7-4-19/h3-8,15-16H,9-14H2,1-2H3,(H,29,37)(H,31,32)(H,30,33,34). The predicted octanol–water partition coefficient (Wildman–Crippen LogP) is 3.49. The Morgan fingerprint density at radius 3 is 2.47 bits per heavy atom. The van der Waals surface area contributed by atoms with Gasteiger partial charge in [0.25, 0.3) is 5.91 Å². The third-order valence-electron chi connectivity index (χ3n) is 6.36. The zero-order chi connectivity index (χ0) is 26.6. The molecule has 3 heterocycles. The Kier molecular flexibility index (Phi) is 7.41. The Bertz CT molecular complexity index is 1460. The number of aromatic amines is 1. The van der Waals surface area contributed by atoms with Crippen LogP contribution in [0, 0.1) is 6.92 Å². The molecule has 2 aromatic carbocycles. The molecule has 1 aliphatic rings. The monoisotopic (exact) mass is 532 g/mol. The number of aromatic nitrogens is 4. The van der Waals surface area contributed by atoms with Gasteiger partial charge < -0.3 is 25.4 Å². The first-order valence-electron chi connectivity index (χ1n) is 12.5. The SMILES string of the molecule is CC(=O)NCCNc1cc(N2CCN(C(=O)c3ccc4[nH]c(C)nc4c3)CC2)nc(-c2ccc(Cl)cc2)n1. The second kappa shape index (κ2) is 11.1. The fourth-order valence-corrected chi connectivity index (χ4v) is 4.56. The first-order chi connectivity index (χ1) is 18.4. The zero-order valence-corrected chi connectivity index (χ0v) is 22.0. The van der Waals surface area contributed by atoms with E-state index in [1.54, 1.807) is 0 Å². The summed E-state index contributed by atoms with van der Waals surface area (Å²) in [5.41, 5.74) is 3.20. The smallest absolute Gasteiger partial charge is 0.254 e. The van der Waals surface area contributed by atoms with Gasteiger partial charge in [-0.1, -0.05) is 11.6 Å². The van der Waals surface area contributed by atoms with Crippen molar-refractivity contribution in [3.63, 3.8) is 0 Å². The Hall–Kier alpha value is -4.18. The van der Waals surface area contributed by atoms with Crippen LogP contribution in [0.3, 0.4) is 0 Å². The highest BCUT2D eigenvalue weighted by Gasteiger charge is 2.24. The van der Waals surface area contributed by atoms with Crippen LogP contribution in [0.2, 0.25) is 5.02 Å². The summed E-state index contributed by atoms with van der Waals surface area (Å²) >= 11 is 6.07. The number of nitrogens with zero attached hydrogens (tertiary/aromatic N) is 5. The van der Waals surface area contributed by atoms with Crippen molar-refractivity contribution >= 4 is 46.1 Å². The molecule has 0 bridgehead atoms. The third kappa shape index (κ3) is 5.86. The molecule has 38 heavy (non-hydrogen) atoms. The van der Waals surface area contributed by atoms with Gasteiger partial charge in [0.15, 0.2) is 5.82 Å². The lowest BCUT2D eigenvalue weighted by Gasteiger charge is -2.35. The molecular formula is C27H29ClN8O2. The highest BCUT2D eigenvalue weighted by atomic mass is 35.5. The Balaban J connectivity index is 1.31. The average Bonchev–Trinajstić information content (AvgIpc) is 3.30. The second-order valence-electron chi connectivity index (χ2n) is 9.19. The van der Waals surface area contributed by atoms with E-state index in [0.717, 1.165) is 28.2 Å². The number of hydrogen-bond acceptors (Lipinski definition) is 7. The number of carbonyl (C=O) groups excluding carboxylic acids is 2. The minimum Gasteiger partial charge on any atom is -0.368 e.